The monoisotopic (exact) mass is 255 g/mol. The normalized spacial score (nSPS) is 10.9. The minimum absolute atomic E-state index is 0.705. The number of rotatable bonds is 3. The molecule has 4 nitrogen and oxygen atoms in total. The molecule has 2 aromatic carbocycles. The van der Waals surface area contributed by atoms with Gasteiger partial charge in [0, 0.05) is 5.69 Å². The SMILES string of the molecule is COc1ccccc1N=Nc1cc(C)c(N)cc1C. The third-order valence-corrected chi connectivity index (χ3v) is 2.94. The van der Waals surface area contributed by atoms with E-state index in [0.29, 0.717) is 11.4 Å². The van der Waals surface area contributed by atoms with E-state index in [1.54, 1.807) is 7.11 Å². The summed E-state index contributed by atoms with van der Waals surface area (Å²) in [7, 11) is 1.62. The van der Waals surface area contributed by atoms with E-state index in [-0.39, 0.29) is 0 Å². The van der Waals surface area contributed by atoms with E-state index < -0.39 is 0 Å². The Labute approximate surface area is 112 Å². The van der Waals surface area contributed by atoms with Gasteiger partial charge in [0.25, 0.3) is 0 Å². The van der Waals surface area contributed by atoms with E-state index in [2.05, 4.69) is 10.2 Å². The molecule has 2 N–H and O–H groups in total. The fourth-order valence-electron chi connectivity index (χ4n) is 1.75. The first-order valence-corrected chi connectivity index (χ1v) is 6.03. The number of nitrogens with zero attached hydrogens (tertiary/aromatic N) is 2. The summed E-state index contributed by atoms with van der Waals surface area (Å²) in [5.41, 5.74) is 10.1. The highest BCUT2D eigenvalue weighted by atomic mass is 16.5. The summed E-state index contributed by atoms with van der Waals surface area (Å²) in [5.74, 6) is 0.705. The van der Waals surface area contributed by atoms with Crippen molar-refractivity contribution in [2.24, 2.45) is 10.2 Å². The minimum Gasteiger partial charge on any atom is -0.494 e. The standard InChI is InChI=1S/C15H17N3O/c1-10-9-14(11(2)8-12(10)16)18-17-13-6-4-5-7-15(13)19-3/h4-9H,16H2,1-3H3. The van der Waals surface area contributed by atoms with Gasteiger partial charge in [-0.25, -0.2) is 0 Å². The maximum absolute atomic E-state index is 5.85. The van der Waals surface area contributed by atoms with Crippen molar-refractivity contribution < 1.29 is 4.74 Å². The molecule has 0 heterocycles. The van der Waals surface area contributed by atoms with Crippen LogP contribution in [0.3, 0.4) is 0 Å². The van der Waals surface area contributed by atoms with Crippen molar-refractivity contribution in [2.45, 2.75) is 13.8 Å². The summed E-state index contributed by atoms with van der Waals surface area (Å²) in [5, 5.41) is 8.51. The van der Waals surface area contributed by atoms with E-state index in [1.165, 1.54) is 0 Å². The number of anilines is 1. The molecular formula is C15H17N3O. The fourth-order valence-corrected chi connectivity index (χ4v) is 1.75. The van der Waals surface area contributed by atoms with Crippen molar-refractivity contribution in [3.05, 3.63) is 47.5 Å². The number of nitrogen functional groups attached to an aromatic ring is 1. The molecule has 98 valence electrons. The molecule has 0 amide bonds. The van der Waals surface area contributed by atoms with E-state index in [4.69, 9.17) is 10.5 Å². The molecule has 0 bridgehead atoms. The van der Waals surface area contributed by atoms with Gasteiger partial charge in [-0.3, -0.25) is 0 Å². The van der Waals surface area contributed by atoms with Crippen LogP contribution < -0.4 is 10.5 Å². The molecule has 0 radical (unpaired) electrons. The molecule has 0 aliphatic carbocycles. The topological polar surface area (TPSA) is 60.0 Å². The van der Waals surface area contributed by atoms with Gasteiger partial charge in [-0.05, 0) is 49.2 Å². The Hall–Kier alpha value is -2.36. The summed E-state index contributed by atoms with van der Waals surface area (Å²) < 4.78 is 5.23. The van der Waals surface area contributed by atoms with Crippen molar-refractivity contribution in [3.8, 4) is 5.75 Å². The number of aryl methyl sites for hydroxylation is 2. The van der Waals surface area contributed by atoms with Gasteiger partial charge in [0.05, 0.1) is 12.8 Å². The van der Waals surface area contributed by atoms with Gasteiger partial charge >= 0.3 is 0 Å². The van der Waals surface area contributed by atoms with Gasteiger partial charge < -0.3 is 10.5 Å². The molecule has 0 aliphatic heterocycles. The number of para-hydroxylation sites is 1. The zero-order chi connectivity index (χ0) is 13.8. The first-order valence-electron chi connectivity index (χ1n) is 6.03. The van der Waals surface area contributed by atoms with Crippen molar-refractivity contribution in [1.82, 2.24) is 0 Å². The van der Waals surface area contributed by atoms with Crippen LogP contribution in [0.15, 0.2) is 46.6 Å². The van der Waals surface area contributed by atoms with Gasteiger partial charge in [-0.1, -0.05) is 12.1 Å². The summed E-state index contributed by atoms with van der Waals surface area (Å²) in [4.78, 5) is 0. The Kier molecular flexibility index (Phi) is 3.80. The highest BCUT2D eigenvalue weighted by Crippen LogP contribution is 2.30. The largest absolute Gasteiger partial charge is 0.494 e. The highest BCUT2D eigenvalue weighted by molar-refractivity contribution is 5.59. The van der Waals surface area contributed by atoms with Crippen LogP contribution >= 0.6 is 0 Å². The Morgan fingerprint density at radius 1 is 0.947 bits per heavy atom. The van der Waals surface area contributed by atoms with Crippen LogP contribution in [0.1, 0.15) is 11.1 Å². The smallest absolute Gasteiger partial charge is 0.146 e. The van der Waals surface area contributed by atoms with Crippen LogP contribution in [-0.2, 0) is 0 Å². The molecule has 0 atom stereocenters. The first kappa shape index (κ1) is 13.1. The lowest BCUT2D eigenvalue weighted by Gasteiger charge is -2.05. The number of azo groups is 1. The van der Waals surface area contributed by atoms with Gasteiger partial charge in [-0.2, -0.15) is 5.11 Å². The molecule has 0 saturated carbocycles. The summed E-state index contributed by atoms with van der Waals surface area (Å²) >= 11 is 0. The Bertz CT molecular complexity index is 621. The molecule has 0 fully saturated rings. The van der Waals surface area contributed by atoms with E-state index in [0.717, 1.165) is 22.5 Å². The third kappa shape index (κ3) is 2.91. The van der Waals surface area contributed by atoms with Crippen LogP contribution in [0, 0.1) is 13.8 Å². The van der Waals surface area contributed by atoms with E-state index in [1.807, 2.05) is 50.2 Å². The molecule has 0 saturated heterocycles. The Morgan fingerprint density at radius 2 is 1.63 bits per heavy atom. The molecule has 0 spiro atoms. The average molecular weight is 255 g/mol. The molecule has 0 aliphatic rings. The fraction of sp³-hybridized carbons (Fsp3) is 0.200. The molecular weight excluding hydrogens is 238 g/mol. The van der Waals surface area contributed by atoms with Gasteiger partial charge in [0.15, 0.2) is 0 Å². The van der Waals surface area contributed by atoms with Crippen molar-refractivity contribution in [3.63, 3.8) is 0 Å². The van der Waals surface area contributed by atoms with Crippen LogP contribution in [-0.4, -0.2) is 7.11 Å². The highest BCUT2D eigenvalue weighted by Gasteiger charge is 2.03. The second-order valence-electron chi connectivity index (χ2n) is 4.37. The lowest BCUT2D eigenvalue weighted by Crippen LogP contribution is -1.90. The molecule has 2 rings (SSSR count). The lowest BCUT2D eigenvalue weighted by molar-refractivity contribution is 0.416. The van der Waals surface area contributed by atoms with Gasteiger partial charge in [0.1, 0.15) is 11.4 Å². The maximum atomic E-state index is 5.85. The second-order valence-corrected chi connectivity index (χ2v) is 4.37. The molecule has 4 heteroatoms. The number of benzene rings is 2. The summed E-state index contributed by atoms with van der Waals surface area (Å²) in [6.07, 6.45) is 0. The lowest BCUT2D eigenvalue weighted by atomic mass is 10.1. The maximum Gasteiger partial charge on any atom is 0.146 e. The van der Waals surface area contributed by atoms with Crippen LogP contribution in [0.25, 0.3) is 0 Å². The predicted molar refractivity (Wildman–Crippen MR) is 77.5 cm³/mol. The Balaban J connectivity index is 2.35. The third-order valence-electron chi connectivity index (χ3n) is 2.94. The number of ether oxygens (including phenoxy) is 1. The number of methoxy groups -OCH3 is 1. The average Bonchev–Trinajstić information content (AvgIpc) is 2.41. The van der Waals surface area contributed by atoms with E-state index >= 15 is 0 Å². The van der Waals surface area contributed by atoms with Crippen LogP contribution in [0.4, 0.5) is 17.1 Å². The molecule has 19 heavy (non-hydrogen) atoms. The molecule has 2 aromatic rings. The Morgan fingerprint density at radius 3 is 2.37 bits per heavy atom. The summed E-state index contributed by atoms with van der Waals surface area (Å²) in [6, 6.07) is 11.4. The number of nitrogens with two attached hydrogens (primary N) is 1. The predicted octanol–water partition coefficient (Wildman–Crippen LogP) is 4.31. The van der Waals surface area contributed by atoms with Crippen LogP contribution in [0.2, 0.25) is 0 Å². The van der Waals surface area contributed by atoms with Gasteiger partial charge in [0.2, 0.25) is 0 Å². The second kappa shape index (κ2) is 5.52. The molecule has 0 aromatic heterocycles. The zero-order valence-corrected chi connectivity index (χ0v) is 11.3. The minimum atomic E-state index is 0.705. The van der Waals surface area contributed by atoms with Crippen molar-refractivity contribution in [1.29, 1.82) is 0 Å². The van der Waals surface area contributed by atoms with Gasteiger partial charge in [-0.15, -0.1) is 5.11 Å². The quantitative estimate of drug-likeness (QED) is 0.656. The van der Waals surface area contributed by atoms with Crippen LogP contribution in [0.5, 0.6) is 5.75 Å². The molecule has 0 unspecified atom stereocenters. The first-order chi connectivity index (χ1) is 9.11. The van der Waals surface area contributed by atoms with Crippen molar-refractivity contribution >= 4 is 17.1 Å². The number of hydrogen-bond donors (Lipinski definition) is 1. The number of hydrogen-bond acceptors (Lipinski definition) is 4. The zero-order valence-electron chi connectivity index (χ0n) is 11.3. The van der Waals surface area contributed by atoms with E-state index in [9.17, 15) is 0 Å². The van der Waals surface area contributed by atoms with Crippen molar-refractivity contribution in [2.75, 3.05) is 12.8 Å². The summed E-state index contributed by atoms with van der Waals surface area (Å²) in [6.45, 7) is 3.92.